The van der Waals surface area contributed by atoms with Crippen molar-refractivity contribution in [2.75, 3.05) is 0 Å². The van der Waals surface area contributed by atoms with Crippen LogP contribution >= 0.6 is 0 Å². The third-order valence-electron chi connectivity index (χ3n) is 2.83. The quantitative estimate of drug-likeness (QED) is 0.784. The zero-order valence-electron chi connectivity index (χ0n) is 12.2. The van der Waals surface area contributed by atoms with Crippen molar-refractivity contribution in [1.29, 1.82) is 0 Å². The Morgan fingerprint density at radius 2 is 1.45 bits per heavy atom. The lowest BCUT2D eigenvalue weighted by Gasteiger charge is -2.17. The second kappa shape index (κ2) is 6.05. The van der Waals surface area contributed by atoms with E-state index in [1.807, 2.05) is 62.1 Å². The lowest BCUT2D eigenvalue weighted by molar-refractivity contribution is -0.134. The van der Waals surface area contributed by atoms with E-state index in [1.54, 1.807) is 0 Å². The van der Waals surface area contributed by atoms with E-state index in [0.29, 0.717) is 6.42 Å². The van der Waals surface area contributed by atoms with Gasteiger partial charge in [0.1, 0.15) is 0 Å². The molecule has 104 valence electrons. The zero-order chi connectivity index (χ0) is 14.6. The van der Waals surface area contributed by atoms with Crippen molar-refractivity contribution < 1.29 is 9.22 Å². The van der Waals surface area contributed by atoms with Crippen molar-refractivity contribution in [3.05, 3.63) is 60.2 Å². The third-order valence-corrected chi connectivity index (χ3v) is 3.67. The third kappa shape index (κ3) is 4.35. The first-order valence-electron chi connectivity index (χ1n) is 6.80. The Kier molecular flexibility index (Phi) is 4.40. The molecule has 0 amide bonds. The largest absolute Gasteiger partial charge is 0.520 e. The van der Waals surface area contributed by atoms with E-state index in [4.69, 9.17) is 4.43 Å². The molecule has 0 fully saturated rings. The van der Waals surface area contributed by atoms with Gasteiger partial charge in [-0.15, -0.1) is 0 Å². The summed E-state index contributed by atoms with van der Waals surface area (Å²) in [5, 5.41) is 0. The highest BCUT2D eigenvalue weighted by atomic mass is 28.4. The van der Waals surface area contributed by atoms with Gasteiger partial charge in [-0.1, -0.05) is 54.6 Å². The molecular formula is C17H20O2Si. The molecule has 0 heterocycles. The van der Waals surface area contributed by atoms with Gasteiger partial charge in [-0.25, -0.2) is 0 Å². The minimum Gasteiger partial charge on any atom is -0.520 e. The number of hydrogen-bond donors (Lipinski definition) is 0. The molecule has 2 nitrogen and oxygen atoms in total. The molecule has 0 spiro atoms. The van der Waals surface area contributed by atoms with E-state index >= 15 is 0 Å². The predicted octanol–water partition coefficient (Wildman–Crippen LogP) is 4.27. The first-order valence-corrected chi connectivity index (χ1v) is 10.2. The van der Waals surface area contributed by atoms with E-state index in [2.05, 4.69) is 12.1 Å². The molecular weight excluding hydrogens is 264 g/mol. The van der Waals surface area contributed by atoms with Crippen LogP contribution in [0.3, 0.4) is 0 Å². The second-order valence-corrected chi connectivity index (χ2v) is 10.3. The fraction of sp³-hybridized carbons (Fsp3) is 0.235. The van der Waals surface area contributed by atoms with Crippen molar-refractivity contribution in [3.8, 4) is 11.1 Å². The van der Waals surface area contributed by atoms with Crippen LogP contribution in [0, 0.1) is 0 Å². The van der Waals surface area contributed by atoms with E-state index in [0.717, 1.165) is 11.1 Å². The molecule has 0 saturated heterocycles. The Hall–Kier alpha value is -1.87. The molecule has 0 saturated carbocycles. The monoisotopic (exact) mass is 284 g/mol. The van der Waals surface area contributed by atoms with Gasteiger partial charge >= 0.3 is 0 Å². The van der Waals surface area contributed by atoms with Crippen LogP contribution in [0.5, 0.6) is 0 Å². The summed E-state index contributed by atoms with van der Waals surface area (Å²) < 4.78 is 5.46. The topological polar surface area (TPSA) is 26.3 Å². The van der Waals surface area contributed by atoms with Crippen molar-refractivity contribution in [3.63, 3.8) is 0 Å². The summed E-state index contributed by atoms with van der Waals surface area (Å²) in [6, 6.07) is 18.3. The van der Waals surface area contributed by atoms with Crippen LogP contribution in [0.25, 0.3) is 11.1 Å². The maximum atomic E-state index is 11.8. The van der Waals surface area contributed by atoms with Crippen LogP contribution in [-0.4, -0.2) is 14.3 Å². The van der Waals surface area contributed by atoms with Crippen LogP contribution in [0.15, 0.2) is 54.6 Å². The van der Waals surface area contributed by atoms with Gasteiger partial charge in [-0.05, 0) is 36.3 Å². The minimum absolute atomic E-state index is 0.128. The molecule has 2 aromatic carbocycles. The van der Waals surface area contributed by atoms with Gasteiger partial charge < -0.3 is 4.43 Å². The summed E-state index contributed by atoms with van der Waals surface area (Å²) >= 11 is 0. The number of rotatable bonds is 4. The van der Waals surface area contributed by atoms with Gasteiger partial charge in [-0.3, -0.25) is 4.79 Å². The van der Waals surface area contributed by atoms with Gasteiger partial charge in [0.05, 0.1) is 6.42 Å². The van der Waals surface area contributed by atoms with Gasteiger partial charge in [0.15, 0.2) is 0 Å². The van der Waals surface area contributed by atoms with E-state index in [9.17, 15) is 4.79 Å². The van der Waals surface area contributed by atoms with Gasteiger partial charge in [0, 0.05) is 0 Å². The molecule has 0 atom stereocenters. The van der Waals surface area contributed by atoms with Crippen molar-refractivity contribution in [2.24, 2.45) is 0 Å². The van der Waals surface area contributed by atoms with Gasteiger partial charge in [0.25, 0.3) is 5.97 Å². The number of carbonyl (C=O) groups is 1. The summed E-state index contributed by atoms with van der Waals surface area (Å²) in [5.41, 5.74) is 3.34. The van der Waals surface area contributed by atoms with Gasteiger partial charge in [0.2, 0.25) is 8.32 Å². The SMILES string of the molecule is C[Si](C)(C)OC(=O)Cc1ccc(-c2ccccc2)cc1. The predicted molar refractivity (Wildman–Crippen MR) is 85.0 cm³/mol. The Bertz CT molecular complexity index is 568. The highest BCUT2D eigenvalue weighted by Crippen LogP contribution is 2.19. The Morgan fingerprint density at radius 1 is 0.900 bits per heavy atom. The molecule has 20 heavy (non-hydrogen) atoms. The number of benzene rings is 2. The first-order chi connectivity index (χ1) is 9.44. The van der Waals surface area contributed by atoms with E-state index in [-0.39, 0.29) is 5.97 Å². The van der Waals surface area contributed by atoms with E-state index in [1.165, 1.54) is 5.56 Å². The van der Waals surface area contributed by atoms with Crippen LogP contribution in [0.1, 0.15) is 5.56 Å². The fourth-order valence-electron chi connectivity index (χ4n) is 1.99. The summed E-state index contributed by atoms with van der Waals surface area (Å²) in [7, 11) is -1.79. The molecule has 0 aliphatic carbocycles. The average molecular weight is 284 g/mol. The summed E-state index contributed by atoms with van der Waals surface area (Å²) in [6.45, 7) is 6.05. The lowest BCUT2D eigenvalue weighted by atomic mass is 10.0. The highest BCUT2D eigenvalue weighted by molar-refractivity contribution is 6.71. The van der Waals surface area contributed by atoms with Crippen LogP contribution in [0.4, 0.5) is 0 Å². The molecule has 0 aromatic heterocycles. The second-order valence-electron chi connectivity index (χ2n) is 5.83. The molecule has 2 rings (SSSR count). The molecule has 0 N–H and O–H groups in total. The van der Waals surface area contributed by atoms with Crippen LogP contribution < -0.4 is 0 Å². The zero-order valence-corrected chi connectivity index (χ0v) is 13.2. The number of hydrogen-bond acceptors (Lipinski definition) is 2. The Morgan fingerprint density at radius 3 is 2.00 bits per heavy atom. The highest BCUT2D eigenvalue weighted by Gasteiger charge is 2.19. The number of carbonyl (C=O) groups excluding carboxylic acids is 1. The van der Waals surface area contributed by atoms with Crippen molar-refractivity contribution >= 4 is 14.3 Å². The standard InChI is InChI=1S/C17H20O2Si/c1-20(2,3)19-17(18)13-14-9-11-16(12-10-14)15-7-5-4-6-8-15/h4-12H,13H2,1-3H3. The maximum absolute atomic E-state index is 11.8. The fourth-order valence-corrected chi connectivity index (χ4v) is 2.75. The molecule has 0 bridgehead atoms. The molecule has 0 unspecified atom stereocenters. The lowest BCUT2D eigenvalue weighted by Crippen LogP contribution is -2.29. The van der Waals surface area contributed by atoms with Crippen LogP contribution in [-0.2, 0) is 15.6 Å². The molecule has 0 radical (unpaired) electrons. The average Bonchev–Trinajstić information content (AvgIpc) is 2.38. The van der Waals surface area contributed by atoms with Crippen LogP contribution in [0.2, 0.25) is 19.6 Å². The first kappa shape index (κ1) is 14.5. The summed E-state index contributed by atoms with van der Waals surface area (Å²) in [6.07, 6.45) is 0.347. The van der Waals surface area contributed by atoms with Crippen molar-refractivity contribution in [2.45, 2.75) is 26.1 Å². The minimum atomic E-state index is -1.79. The normalized spacial score (nSPS) is 11.2. The van der Waals surface area contributed by atoms with Gasteiger partial charge in [-0.2, -0.15) is 0 Å². The van der Waals surface area contributed by atoms with E-state index < -0.39 is 8.32 Å². The molecule has 0 aliphatic heterocycles. The van der Waals surface area contributed by atoms with Crippen molar-refractivity contribution in [1.82, 2.24) is 0 Å². The molecule has 0 aliphatic rings. The Labute approximate surface area is 121 Å². The maximum Gasteiger partial charge on any atom is 0.296 e. The summed E-state index contributed by atoms with van der Waals surface area (Å²) in [5.74, 6) is -0.128. The Balaban J connectivity index is 2.04. The summed E-state index contributed by atoms with van der Waals surface area (Å²) in [4.78, 5) is 11.8. The molecule has 2 aromatic rings. The smallest absolute Gasteiger partial charge is 0.296 e. The molecule has 3 heteroatoms.